The van der Waals surface area contributed by atoms with Crippen LogP contribution in [0.5, 0.6) is 17.2 Å². The second-order valence-corrected chi connectivity index (χ2v) is 6.16. The summed E-state index contributed by atoms with van der Waals surface area (Å²) in [5.74, 6) is 2.40. The molecule has 3 aromatic rings. The summed E-state index contributed by atoms with van der Waals surface area (Å²) in [5, 5.41) is 0. The number of fused-ring (bicyclic) bond motifs is 1. The monoisotopic (exact) mass is 383 g/mol. The fourth-order valence-corrected chi connectivity index (χ4v) is 3.02. The van der Waals surface area contributed by atoms with Crippen molar-refractivity contribution >= 4 is 12.4 Å². The maximum Gasteiger partial charge on any atom is 0.161 e. The van der Waals surface area contributed by atoms with Crippen molar-refractivity contribution < 1.29 is 14.2 Å². The van der Waals surface area contributed by atoms with Gasteiger partial charge < -0.3 is 19.9 Å². The minimum absolute atomic E-state index is 0. The number of rotatable bonds is 5. The highest BCUT2D eigenvalue weighted by Crippen LogP contribution is 2.35. The molecule has 0 aliphatic carbocycles. The molecule has 27 heavy (non-hydrogen) atoms. The van der Waals surface area contributed by atoms with E-state index in [1.165, 1.54) is 0 Å². The van der Waals surface area contributed by atoms with Crippen LogP contribution in [0.15, 0.2) is 66.7 Å². The third kappa shape index (κ3) is 4.35. The lowest BCUT2D eigenvalue weighted by Gasteiger charge is -2.19. The third-order valence-corrected chi connectivity index (χ3v) is 4.39. The zero-order valence-corrected chi connectivity index (χ0v) is 15.7. The molecule has 1 aliphatic heterocycles. The van der Waals surface area contributed by atoms with Crippen LogP contribution in [0.1, 0.15) is 11.1 Å². The van der Waals surface area contributed by atoms with Gasteiger partial charge in [-0.1, -0.05) is 42.5 Å². The van der Waals surface area contributed by atoms with E-state index >= 15 is 0 Å². The summed E-state index contributed by atoms with van der Waals surface area (Å²) in [6.45, 7) is 2.12. The van der Waals surface area contributed by atoms with Crippen LogP contribution in [0.4, 0.5) is 0 Å². The first-order valence-electron chi connectivity index (χ1n) is 8.73. The van der Waals surface area contributed by atoms with Gasteiger partial charge in [0.25, 0.3) is 0 Å². The van der Waals surface area contributed by atoms with Crippen LogP contribution >= 0.6 is 12.4 Å². The summed E-state index contributed by atoms with van der Waals surface area (Å²) in [6, 6.07) is 22.2. The van der Waals surface area contributed by atoms with Crippen LogP contribution in [-0.4, -0.2) is 13.2 Å². The topological polar surface area (TPSA) is 53.7 Å². The number of halogens is 1. The molecule has 0 fully saturated rings. The first-order valence-corrected chi connectivity index (χ1v) is 8.73. The van der Waals surface area contributed by atoms with Crippen molar-refractivity contribution in [1.29, 1.82) is 0 Å². The van der Waals surface area contributed by atoms with Gasteiger partial charge in [0.05, 0.1) is 0 Å². The number of hydrogen-bond donors (Lipinski definition) is 1. The molecule has 0 spiro atoms. The van der Waals surface area contributed by atoms with E-state index in [0.29, 0.717) is 26.4 Å². The van der Waals surface area contributed by atoms with Crippen LogP contribution in [0.2, 0.25) is 0 Å². The van der Waals surface area contributed by atoms with Gasteiger partial charge in [-0.2, -0.15) is 0 Å². The number of benzene rings is 3. The SMILES string of the molecule is Cl.NCc1cc(-c2ccc3c(c2)OCCO3)ccc1OCc1ccccc1. The minimum atomic E-state index is 0. The van der Waals surface area contributed by atoms with E-state index in [0.717, 1.165) is 39.5 Å². The average Bonchev–Trinajstić information content (AvgIpc) is 2.72. The summed E-state index contributed by atoms with van der Waals surface area (Å²) < 4.78 is 17.2. The van der Waals surface area contributed by atoms with Crippen LogP contribution < -0.4 is 19.9 Å². The Labute approximate surface area is 165 Å². The van der Waals surface area contributed by atoms with Gasteiger partial charge in [0.2, 0.25) is 0 Å². The molecule has 0 aromatic heterocycles. The number of nitrogens with two attached hydrogens (primary N) is 1. The molecule has 0 unspecified atom stereocenters. The lowest BCUT2D eigenvalue weighted by atomic mass is 10.0. The summed E-state index contributed by atoms with van der Waals surface area (Å²) in [6.07, 6.45) is 0. The van der Waals surface area contributed by atoms with Crippen molar-refractivity contribution in [3.8, 4) is 28.4 Å². The molecule has 0 radical (unpaired) electrons. The van der Waals surface area contributed by atoms with Crippen LogP contribution in [0.3, 0.4) is 0 Å². The average molecular weight is 384 g/mol. The number of ether oxygens (including phenoxy) is 3. The highest BCUT2D eigenvalue weighted by molar-refractivity contribution is 5.85. The van der Waals surface area contributed by atoms with Gasteiger partial charge in [-0.3, -0.25) is 0 Å². The Balaban J connectivity index is 0.00000210. The highest BCUT2D eigenvalue weighted by atomic mass is 35.5. The van der Waals surface area contributed by atoms with E-state index in [2.05, 4.69) is 6.07 Å². The van der Waals surface area contributed by atoms with Crippen molar-refractivity contribution in [1.82, 2.24) is 0 Å². The van der Waals surface area contributed by atoms with Crippen molar-refractivity contribution in [2.75, 3.05) is 13.2 Å². The molecule has 2 N–H and O–H groups in total. The second-order valence-electron chi connectivity index (χ2n) is 6.16. The summed E-state index contributed by atoms with van der Waals surface area (Å²) in [5.41, 5.74) is 10.2. The summed E-state index contributed by atoms with van der Waals surface area (Å²) in [4.78, 5) is 0. The van der Waals surface area contributed by atoms with Gasteiger partial charge in [-0.05, 0) is 41.0 Å². The fourth-order valence-electron chi connectivity index (χ4n) is 3.02. The smallest absolute Gasteiger partial charge is 0.161 e. The normalized spacial score (nSPS) is 12.2. The van der Waals surface area contributed by atoms with Crippen LogP contribution in [0, 0.1) is 0 Å². The van der Waals surface area contributed by atoms with Gasteiger partial charge in [0.1, 0.15) is 25.6 Å². The molecule has 3 aromatic carbocycles. The molecule has 0 saturated carbocycles. The highest BCUT2D eigenvalue weighted by Gasteiger charge is 2.13. The lowest BCUT2D eigenvalue weighted by molar-refractivity contribution is 0.171. The van der Waals surface area contributed by atoms with Gasteiger partial charge in [-0.15, -0.1) is 12.4 Å². The maximum absolute atomic E-state index is 5.97. The Hall–Kier alpha value is -2.69. The van der Waals surface area contributed by atoms with E-state index in [1.807, 2.05) is 60.7 Å². The Morgan fingerprint density at radius 3 is 2.30 bits per heavy atom. The van der Waals surface area contributed by atoms with Gasteiger partial charge in [0, 0.05) is 12.1 Å². The zero-order valence-electron chi connectivity index (χ0n) is 14.9. The van der Waals surface area contributed by atoms with Crippen LogP contribution in [-0.2, 0) is 13.2 Å². The quantitative estimate of drug-likeness (QED) is 0.700. The predicted molar refractivity (Wildman–Crippen MR) is 109 cm³/mol. The predicted octanol–water partition coefficient (Wildman–Crippen LogP) is 4.58. The standard InChI is InChI=1S/C22H21NO3.ClH/c23-14-19-12-17(18-7-9-21-22(13-18)25-11-10-24-21)6-8-20(19)26-15-16-4-2-1-3-5-16;/h1-9,12-13H,10-11,14-15,23H2;1H. The largest absolute Gasteiger partial charge is 0.489 e. The van der Waals surface area contributed by atoms with E-state index in [9.17, 15) is 0 Å². The van der Waals surface area contributed by atoms with Crippen molar-refractivity contribution in [2.45, 2.75) is 13.2 Å². The summed E-state index contributed by atoms with van der Waals surface area (Å²) >= 11 is 0. The van der Waals surface area contributed by atoms with Gasteiger partial charge in [-0.25, -0.2) is 0 Å². The van der Waals surface area contributed by atoms with Crippen LogP contribution in [0.25, 0.3) is 11.1 Å². The Morgan fingerprint density at radius 2 is 1.52 bits per heavy atom. The zero-order chi connectivity index (χ0) is 17.8. The molecule has 1 aliphatic rings. The number of hydrogen-bond acceptors (Lipinski definition) is 4. The first kappa shape index (κ1) is 19.1. The molecule has 5 heteroatoms. The third-order valence-electron chi connectivity index (χ3n) is 4.39. The molecule has 4 nitrogen and oxygen atoms in total. The molecule has 0 atom stereocenters. The molecular weight excluding hydrogens is 362 g/mol. The van der Waals surface area contributed by atoms with Crippen molar-refractivity contribution in [3.05, 3.63) is 77.9 Å². The minimum Gasteiger partial charge on any atom is -0.489 e. The van der Waals surface area contributed by atoms with Crippen molar-refractivity contribution in [2.24, 2.45) is 5.73 Å². The van der Waals surface area contributed by atoms with E-state index < -0.39 is 0 Å². The van der Waals surface area contributed by atoms with Gasteiger partial charge in [0.15, 0.2) is 11.5 Å². The molecular formula is C22H22ClNO3. The maximum atomic E-state index is 5.97. The van der Waals surface area contributed by atoms with Gasteiger partial charge >= 0.3 is 0 Å². The Kier molecular flexibility index (Phi) is 6.22. The fraction of sp³-hybridized carbons (Fsp3) is 0.182. The lowest BCUT2D eigenvalue weighted by Crippen LogP contribution is -2.15. The van der Waals surface area contributed by atoms with E-state index in [4.69, 9.17) is 19.9 Å². The van der Waals surface area contributed by atoms with E-state index in [1.54, 1.807) is 0 Å². The van der Waals surface area contributed by atoms with E-state index in [-0.39, 0.29) is 12.4 Å². The first-order chi connectivity index (χ1) is 12.8. The molecule has 1 heterocycles. The molecule has 0 saturated heterocycles. The summed E-state index contributed by atoms with van der Waals surface area (Å²) in [7, 11) is 0. The molecule has 0 amide bonds. The van der Waals surface area contributed by atoms with Crippen molar-refractivity contribution in [3.63, 3.8) is 0 Å². The molecule has 140 valence electrons. The Bertz CT molecular complexity index is 899. The Morgan fingerprint density at radius 1 is 0.815 bits per heavy atom. The second kappa shape index (κ2) is 8.80. The molecule has 4 rings (SSSR count). The molecule has 0 bridgehead atoms.